The molecule has 236 valence electrons. The lowest BCUT2D eigenvalue weighted by atomic mass is 10.0. The highest BCUT2D eigenvalue weighted by atomic mass is 19.4. The number of imide groups is 1. The molecule has 11 nitrogen and oxygen atoms in total. The molecular formula is C30H26F4N4O7. The fourth-order valence-electron chi connectivity index (χ4n) is 5.71. The smallest absolute Gasteiger partial charge is 0.410 e. The average Bonchev–Trinajstić information content (AvgIpc) is 3.26. The summed E-state index contributed by atoms with van der Waals surface area (Å²) in [7, 11) is 1.24. The Morgan fingerprint density at radius 2 is 1.87 bits per heavy atom. The number of benzene rings is 3. The van der Waals surface area contributed by atoms with Crippen molar-refractivity contribution in [3.8, 4) is 11.5 Å². The fourth-order valence-corrected chi connectivity index (χ4v) is 5.71. The Bertz CT molecular complexity index is 1720. The van der Waals surface area contributed by atoms with Gasteiger partial charge in [-0.3, -0.25) is 34.4 Å². The summed E-state index contributed by atoms with van der Waals surface area (Å²) in [5, 5.41) is 3.30. The van der Waals surface area contributed by atoms with Crippen LogP contribution in [0.2, 0.25) is 0 Å². The van der Waals surface area contributed by atoms with Crippen molar-refractivity contribution in [2.45, 2.75) is 31.8 Å². The van der Waals surface area contributed by atoms with Crippen molar-refractivity contribution >= 4 is 46.0 Å². The van der Waals surface area contributed by atoms with Crippen LogP contribution >= 0.6 is 0 Å². The van der Waals surface area contributed by atoms with Gasteiger partial charge in [-0.15, -0.1) is 13.2 Å². The highest BCUT2D eigenvalue weighted by molar-refractivity contribution is 6.27. The molecule has 3 aliphatic heterocycles. The van der Waals surface area contributed by atoms with Crippen molar-refractivity contribution in [3.63, 3.8) is 0 Å². The molecule has 1 unspecified atom stereocenters. The molecule has 15 heteroatoms. The topological polar surface area (TPSA) is 118 Å². The molecular weight excluding hydrogens is 604 g/mol. The number of ether oxygens (including phenoxy) is 3. The van der Waals surface area contributed by atoms with E-state index < -0.39 is 47.8 Å². The Balaban J connectivity index is 1.27. The third-order valence-corrected chi connectivity index (χ3v) is 7.85. The van der Waals surface area contributed by atoms with E-state index in [1.165, 1.54) is 30.1 Å². The first-order valence-electron chi connectivity index (χ1n) is 14.0. The maximum atomic E-state index is 15.1. The molecule has 0 aliphatic carbocycles. The summed E-state index contributed by atoms with van der Waals surface area (Å²) in [6.07, 6.45) is -6.02. The van der Waals surface area contributed by atoms with E-state index in [2.05, 4.69) is 10.1 Å². The summed E-state index contributed by atoms with van der Waals surface area (Å²) in [6, 6.07) is 8.92. The van der Waals surface area contributed by atoms with E-state index in [1.807, 2.05) is 0 Å². The van der Waals surface area contributed by atoms with Crippen LogP contribution < -0.4 is 24.6 Å². The number of piperidine rings is 1. The zero-order chi connectivity index (χ0) is 32.0. The average molecular weight is 631 g/mol. The number of halogens is 4. The number of carbonyl (C=O) groups excluding carboxylic acids is 4. The van der Waals surface area contributed by atoms with Crippen molar-refractivity contribution in [2.24, 2.45) is 0 Å². The van der Waals surface area contributed by atoms with Crippen LogP contribution in [0, 0.1) is 5.82 Å². The molecule has 4 amide bonds. The van der Waals surface area contributed by atoms with Gasteiger partial charge in [0.05, 0.1) is 30.2 Å². The number of nitrogens with zero attached hydrogens (tertiary/aromatic N) is 3. The number of hydrogen-bond acceptors (Lipinski definition) is 8. The van der Waals surface area contributed by atoms with Crippen LogP contribution in [0.15, 0.2) is 42.5 Å². The number of hydrogen-bond donors (Lipinski definition) is 1. The predicted octanol–water partition coefficient (Wildman–Crippen LogP) is 4.11. The number of amides is 4. The van der Waals surface area contributed by atoms with E-state index in [0.29, 0.717) is 42.8 Å². The van der Waals surface area contributed by atoms with Crippen LogP contribution in [0.25, 0.3) is 10.8 Å². The maximum Gasteiger partial charge on any atom is 0.573 e. The largest absolute Gasteiger partial charge is 0.573 e. The van der Waals surface area contributed by atoms with Crippen molar-refractivity contribution in [2.75, 3.05) is 43.2 Å². The Morgan fingerprint density at radius 1 is 1.11 bits per heavy atom. The summed E-state index contributed by atoms with van der Waals surface area (Å²) in [5.41, 5.74) is 0.373. The zero-order valence-corrected chi connectivity index (χ0v) is 23.8. The van der Waals surface area contributed by atoms with Crippen molar-refractivity contribution in [1.82, 2.24) is 10.2 Å². The van der Waals surface area contributed by atoms with Gasteiger partial charge in [0.25, 0.3) is 5.91 Å². The van der Waals surface area contributed by atoms with E-state index >= 15 is 4.39 Å². The molecule has 2 saturated heterocycles. The third-order valence-electron chi connectivity index (χ3n) is 7.85. The Morgan fingerprint density at radius 3 is 2.58 bits per heavy atom. The quantitative estimate of drug-likeness (QED) is 0.320. The SMILES string of the molecule is CN(C(=O)Oc1cc2c3c(cccc3c1)N(C1CCC(=O)NC1=O)C2=O)c1cc(CN2CCOCC2)c(F)c(OC(F)(F)F)c1. The highest BCUT2D eigenvalue weighted by Crippen LogP contribution is 2.42. The van der Waals surface area contributed by atoms with Gasteiger partial charge in [0.2, 0.25) is 11.8 Å². The van der Waals surface area contributed by atoms with Crippen LogP contribution in [-0.2, 0) is 20.9 Å². The number of nitrogens with one attached hydrogen (secondary N) is 1. The van der Waals surface area contributed by atoms with E-state index in [9.17, 15) is 32.3 Å². The number of anilines is 2. The normalized spacial score (nSPS) is 18.7. The number of rotatable bonds is 6. The second kappa shape index (κ2) is 11.6. The van der Waals surface area contributed by atoms with Gasteiger partial charge in [0, 0.05) is 50.1 Å². The molecule has 0 saturated carbocycles. The van der Waals surface area contributed by atoms with Crippen LogP contribution in [0.1, 0.15) is 28.8 Å². The van der Waals surface area contributed by atoms with Gasteiger partial charge in [0.1, 0.15) is 11.8 Å². The van der Waals surface area contributed by atoms with E-state index in [-0.39, 0.29) is 42.0 Å². The monoisotopic (exact) mass is 630 g/mol. The van der Waals surface area contributed by atoms with Gasteiger partial charge in [-0.2, -0.15) is 0 Å². The minimum Gasteiger partial charge on any atom is -0.410 e. The number of alkyl halides is 3. The van der Waals surface area contributed by atoms with E-state index in [1.54, 1.807) is 23.1 Å². The van der Waals surface area contributed by atoms with E-state index in [0.717, 1.165) is 11.0 Å². The minimum atomic E-state index is -5.18. The Hall–Kier alpha value is -4.76. The first-order valence-corrected chi connectivity index (χ1v) is 14.0. The number of carbonyl (C=O) groups is 4. The van der Waals surface area contributed by atoms with Gasteiger partial charge in [-0.25, -0.2) is 9.18 Å². The summed E-state index contributed by atoms with van der Waals surface area (Å²) in [5.74, 6) is -3.91. The van der Waals surface area contributed by atoms with Crippen LogP contribution in [0.5, 0.6) is 11.5 Å². The highest BCUT2D eigenvalue weighted by Gasteiger charge is 2.41. The number of morpholine rings is 1. The summed E-state index contributed by atoms with van der Waals surface area (Å²) < 4.78 is 69.2. The molecule has 0 bridgehead atoms. The predicted molar refractivity (Wildman–Crippen MR) is 151 cm³/mol. The molecule has 3 aromatic rings. The molecule has 2 fully saturated rings. The molecule has 0 aromatic heterocycles. The maximum absolute atomic E-state index is 15.1. The van der Waals surface area contributed by atoms with Crippen LogP contribution in [0.3, 0.4) is 0 Å². The molecule has 3 aromatic carbocycles. The van der Waals surface area contributed by atoms with Crippen molar-refractivity contribution in [3.05, 3.63) is 59.4 Å². The molecule has 1 N–H and O–H groups in total. The third kappa shape index (κ3) is 6.00. The molecule has 3 heterocycles. The lowest BCUT2D eigenvalue weighted by molar-refractivity contribution is -0.275. The molecule has 1 atom stereocenters. The lowest BCUT2D eigenvalue weighted by Gasteiger charge is -2.30. The summed E-state index contributed by atoms with van der Waals surface area (Å²) >= 11 is 0. The second-order valence-corrected chi connectivity index (χ2v) is 10.8. The van der Waals surface area contributed by atoms with E-state index in [4.69, 9.17) is 9.47 Å². The minimum absolute atomic E-state index is 0.0487. The fraction of sp³-hybridized carbons (Fsp3) is 0.333. The summed E-state index contributed by atoms with van der Waals surface area (Å²) in [4.78, 5) is 55.0. The van der Waals surface area contributed by atoms with Gasteiger partial charge in [-0.05, 0) is 36.1 Å². The van der Waals surface area contributed by atoms with Crippen molar-refractivity contribution in [1.29, 1.82) is 0 Å². The zero-order valence-electron chi connectivity index (χ0n) is 23.8. The van der Waals surface area contributed by atoms with Gasteiger partial charge < -0.3 is 14.2 Å². The molecule has 45 heavy (non-hydrogen) atoms. The van der Waals surface area contributed by atoms with Crippen LogP contribution in [-0.4, -0.2) is 74.5 Å². The van der Waals surface area contributed by atoms with Gasteiger partial charge >= 0.3 is 12.5 Å². The lowest BCUT2D eigenvalue weighted by Crippen LogP contribution is -2.53. The van der Waals surface area contributed by atoms with Crippen molar-refractivity contribution < 1.29 is 51.0 Å². The summed E-state index contributed by atoms with van der Waals surface area (Å²) in [6.45, 7) is 1.57. The molecule has 3 aliphatic rings. The molecule has 0 radical (unpaired) electrons. The first-order chi connectivity index (χ1) is 21.4. The molecule has 6 rings (SSSR count). The van der Waals surface area contributed by atoms with Crippen LogP contribution in [0.4, 0.5) is 33.7 Å². The molecule has 0 spiro atoms. The van der Waals surface area contributed by atoms with Gasteiger partial charge in [-0.1, -0.05) is 12.1 Å². The Labute approximate surface area is 253 Å². The standard InChI is InChI=1S/C30H26F4N4O7/c1-36(18-11-17(15-37-7-9-43-10-8-37)26(31)23(13-18)45-30(32,33)34)29(42)44-19-12-16-3-2-4-21-25(16)20(14-19)28(41)38(21)22-5-6-24(39)35-27(22)40/h2-4,11-14,22H,5-10,15H2,1H3,(H,35,39,40). The first kappa shape index (κ1) is 30.3. The van der Waals surface area contributed by atoms with Gasteiger partial charge in [0.15, 0.2) is 11.6 Å². The second-order valence-electron chi connectivity index (χ2n) is 10.8. The Kier molecular flexibility index (Phi) is 7.82.